The van der Waals surface area contributed by atoms with E-state index in [0.717, 1.165) is 11.3 Å². The molecule has 1 unspecified atom stereocenters. The smallest absolute Gasteiger partial charge is 0.282 e. The van der Waals surface area contributed by atoms with Crippen molar-refractivity contribution in [3.63, 3.8) is 0 Å². The summed E-state index contributed by atoms with van der Waals surface area (Å²) in [4.78, 5) is 11.9. The Morgan fingerprint density at radius 3 is 2.61 bits per heavy atom. The first-order valence-corrected chi connectivity index (χ1v) is 7.94. The molecule has 3 aromatic rings. The molecule has 0 fully saturated rings. The molecule has 0 aliphatic rings. The average molecular weight is 374 g/mol. The van der Waals surface area contributed by atoms with E-state index >= 15 is 0 Å². The molecule has 6 nitrogen and oxygen atoms in total. The van der Waals surface area contributed by atoms with Gasteiger partial charge in [-0.15, -0.1) is 0 Å². The minimum atomic E-state index is -0.170. The van der Waals surface area contributed by atoms with E-state index in [1.807, 2.05) is 48.1 Å². The van der Waals surface area contributed by atoms with E-state index in [1.54, 1.807) is 19.4 Å². The molecule has 1 N–H and O–H groups in total. The van der Waals surface area contributed by atoms with Gasteiger partial charge in [-0.3, -0.25) is 4.79 Å². The fraction of sp³-hybridized carbons (Fsp3) is 0.188. The van der Waals surface area contributed by atoms with E-state index < -0.39 is 0 Å². The maximum atomic E-state index is 11.9. The average Bonchev–Trinajstić information content (AvgIpc) is 3.10. The number of aromatic nitrogens is 4. The molecule has 118 valence electrons. The summed E-state index contributed by atoms with van der Waals surface area (Å²) in [5.41, 5.74) is 2.61. The molecule has 7 heteroatoms. The highest BCUT2D eigenvalue weighted by molar-refractivity contribution is 9.10. The van der Waals surface area contributed by atoms with Gasteiger partial charge in [0, 0.05) is 25.5 Å². The van der Waals surface area contributed by atoms with Gasteiger partial charge in [0.15, 0.2) is 0 Å². The molecule has 0 amide bonds. The topological polar surface area (TPSA) is 64.7 Å². The fourth-order valence-electron chi connectivity index (χ4n) is 2.27. The number of rotatable bonds is 4. The summed E-state index contributed by atoms with van der Waals surface area (Å²) < 4.78 is 3.58. The number of benzene rings is 1. The predicted molar refractivity (Wildman–Crippen MR) is 92.8 cm³/mol. The van der Waals surface area contributed by atoms with Crippen LogP contribution in [0.15, 0.2) is 58.2 Å². The second-order valence-electron chi connectivity index (χ2n) is 5.21. The molecule has 0 saturated heterocycles. The van der Waals surface area contributed by atoms with Gasteiger partial charge in [0.25, 0.3) is 5.56 Å². The highest BCUT2D eigenvalue weighted by atomic mass is 79.9. The lowest BCUT2D eigenvalue weighted by Gasteiger charge is -2.17. The molecule has 1 aromatic carbocycles. The molecular formula is C16H16BrN5O. The number of aryl methyl sites for hydroxylation is 1. The van der Waals surface area contributed by atoms with E-state index in [-0.39, 0.29) is 11.6 Å². The van der Waals surface area contributed by atoms with E-state index in [9.17, 15) is 4.79 Å². The van der Waals surface area contributed by atoms with Crippen LogP contribution in [0.1, 0.15) is 18.5 Å². The number of hydrogen-bond acceptors (Lipinski definition) is 4. The van der Waals surface area contributed by atoms with Crippen LogP contribution in [0.25, 0.3) is 5.69 Å². The van der Waals surface area contributed by atoms with Crippen molar-refractivity contribution < 1.29 is 0 Å². The van der Waals surface area contributed by atoms with Gasteiger partial charge >= 0.3 is 0 Å². The Labute approximate surface area is 141 Å². The lowest BCUT2D eigenvalue weighted by molar-refractivity contribution is 0.701. The third-order valence-electron chi connectivity index (χ3n) is 3.61. The molecule has 0 spiro atoms. The summed E-state index contributed by atoms with van der Waals surface area (Å²) in [6.45, 7) is 2.03. The Bertz CT molecular complexity index is 855. The second-order valence-corrected chi connectivity index (χ2v) is 6.00. The van der Waals surface area contributed by atoms with E-state index in [0.29, 0.717) is 10.2 Å². The van der Waals surface area contributed by atoms with Crippen molar-refractivity contribution in [2.75, 3.05) is 5.32 Å². The number of hydrogen-bond donors (Lipinski definition) is 1. The molecule has 0 aliphatic carbocycles. The number of nitrogens with one attached hydrogen (secondary N) is 1. The minimum Gasteiger partial charge on any atom is -0.376 e. The summed E-state index contributed by atoms with van der Waals surface area (Å²) >= 11 is 3.32. The SMILES string of the molecule is CC(Nc1cnn(C)c(=O)c1Br)c1ccc(-n2cccn2)cc1. The second kappa shape index (κ2) is 6.37. The Kier molecular flexibility index (Phi) is 4.29. The van der Waals surface area contributed by atoms with Crippen LogP contribution >= 0.6 is 15.9 Å². The number of halogens is 1. The van der Waals surface area contributed by atoms with Crippen LogP contribution in [0, 0.1) is 0 Å². The zero-order valence-corrected chi connectivity index (χ0v) is 14.4. The van der Waals surface area contributed by atoms with Gasteiger partial charge in [-0.2, -0.15) is 10.2 Å². The maximum Gasteiger partial charge on any atom is 0.282 e. The summed E-state index contributed by atoms with van der Waals surface area (Å²) in [5, 5.41) is 11.5. The minimum absolute atomic E-state index is 0.0341. The van der Waals surface area contributed by atoms with Crippen molar-refractivity contribution >= 4 is 21.6 Å². The zero-order valence-electron chi connectivity index (χ0n) is 12.8. The molecule has 1 atom stereocenters. The van der Waals surface area contributed by atoms with Crippen LogP contribution in [-0.2, 0) is 7.05 Å². The summed E-state index contributed by atoms with van der Waals surface area (Å²) in [6, 6.07) is 10.0. The molecule has 23 heavy (non-hydrogen) atoms. The van der Waals surface area contributed by atoms with Crippen molar-refractivity contribution in [1.29, 1.82) is 0 Å². The molecule has 0 radical (unpaired) electrons. The van der Waals surface area contributed by atoms with Gasteiger partial charge in [0.2, 0.25) is 0 Å². The highest BCUT2D eigenvalue weighted by Crippen LogP contribution is 2.23. The molecule has 2 aromatic heterocycles. The van der Waals surface area contributed by atoms with Crippen LogP contribution in [0.3, 0.4) is 0 Å². The fourth-order valence-corrected chi connectivity index (χ4v) is 2.74. The van der Waals surface area contributed by atoms with Crippen molar-refractivity contribution in [3.8, 4) is 5.69 Å². The van der Waals surface area contributed by atoms with Crippen molar-refractivity contribution in [2.45, 2.75) is 13.0 Å². The number of anilines is 1. The molecule has 0 aliphatic heterocycles. The monoisotopic (exact) mass is 373 g/mol. The van der Waals surface area contributed by atoms with Crippen molar-refractivity contribution in [3.05, 3.63) is 69.3 Å². The number of nitrogens with zero attached hydrogens (tertiary/aromatic N) is 4. The van der Waals surface area contributed by atoms with Gasteiger partial charge in [-0.05, 0) is 46.6 Å². The van der Waals surface area contributed by atoms with Gasteiger partial charge in [-0.25, -0.2) is 9.36 Å². The molecule has 3 rings (SSSR count). The quantitative estimate of drug-likeness (QED) is 0.763. The van der Waals surface area contributed by atoms with Gasteiger partial charge in [-0.1, -0.05) is 12.1 Å². The van der Waals surface area contributed by atoms with Crippen LogP contribution < -0.4 is 10.9 Å². The van der Waals surface area contributed by atoms with Crippen molar-refractivity contribution in [1.82, 2.24) is 19.6 Å². The Balaban J connectivity index is 1.80. The normalized spacial score (nSPS) is 12.1. The lowest BCUT2D eigenvalue weighted by atomic mass is 10.1. The zero-order chi connectivity index (χ0) is 16.4. The summed E-state index contributed by atoms with van der Waals surface area (Å²) in [7, 11) is 1.62. The first-order valence-electron chi connectivity index (χ1n) is 7.14. The molecule has 0 bridgehead atoms. The summed E-state index contributed by atoms with van der Waals surface area (Å²) in [5.74, 6) is 0. The first kappa shape index (κ1) is 15.5. The Morgan fingerprint density at radius 1 is 1.22 bits per heavy atom. The molecule has 2 heterocycles. The van der Waals surface area contributed by atoms with E-state index in [4.69, 9.17) is 0 Å². The third-order valence-corrected chi connectivity index (χ3v) is 4.38. The molecular weight excluding hydrogens is 358 g/mol. The van der Waals surface area contributed by atoms with Crippen LogP contribution in [0.5, 0.6) is 0 Å². The highest BCUT2D eigenvalue weighted by Gasteiger charge is 2.11. The first-order chi connectivity index (χ1) is 11.1. The third kappa shape index (κ3) is 3.19. The van der Waals surface area contributed by atoms with E-state index in [2.05, 4.69) is 31.4 Å². The van der Waals surface area contributed by atoms with Gasteiger partial charge < -0.3 is 5.32 Å². The summed E-state index contributed by atoms with van der Waals surface area (Å²) in [6.07, 6.45) is 5.29. The van der Waals surface area contributed by atoms with Crippen LogP contribution in [-0.4, -0.2) is 19.6 Å². The Hall–Kier alpha value is -2.41. The largest absolute Gasteiger partial charge is 0.376 e. The maximum absolute atomic E-state index is 11.9. The predicted octanol–water partition coefficient (Wildman–Crippen LogP) is 2.90. The van der Waals surface area contributed by atoms with Crippen LogP contribution in [0.4, 0.5) is 5.69 Å². The van der Waals surface area contributed by atoms with E-state index in [1.165, 1.54) is 4.68 Å². The standard InChI is InChI=1S/C16H16BrN5O/c1-11(20-14-10-19-21(2)16(23)15(14)17)12-4-6-13(7-5-12)22-9-3-8-18-22/h3-11,20H,1-2H3. The van der Waals surface area contributed by atoms with Gasteiger partial charge in [0.1, 0.15) is 4.47 Å². The van der Waals surface area contributed by atoms with Crippen molar-refractivity contribution in [2.24, 2.45) is 7.05 Å². The van der Waals surface area contributed by atoms with Gasteiger partial charge in [0.05, 0.1) is 17.6 Å². The molecule has 0 saturated carbocycles. The Morgan fingerprint density at radius 2 is 1.96 bits per heavy atom. The lowest BCUT2D eigenvalue weighted by Crippen LogP contribution is -2.22. The van der Waals surface area contributed by atoms with Crippen LogP contribution in [0.2, 0.25) is 0 Å².